The summed E-state index contributed by atoms with van der Waals surface area (Å²) >= 11 is 0. The van der Waals surface area contributed by atoms with E-state index in [9.17, 15) is 0 Å². The predicted octanol–water partition coefficient (Wildman–Crippen LogP) is 2.73. The summed E-state index contributed by atoms with van der Waals surface area (Å²) in [5.41, 5.74) is 1.18. The van der Waals surface area contributed by atoms with E-state index < -0.39 is 0 Å². The number of methoxy groups -OCH3 is 2. The minimum atomic E-state index is 0.519. The Morgan fingerprint density at radius 2 is 2.04 bits per heavy atom. The van der Waals surface area contributed by atoms with Gasteiger partial charge in [-0.05, 0) is 31.7 Å². The molecule has 23 heavy (non-hydrogen) atoms. The van der Waals surface area contributed by atoms with Gasteiger partial charge in [-0.1, -0.05) is 6.07 Å². The first-order valence-electron chi connectivity index (χ1n) is 8.36. The molecule has 1 saturated carbocycles. The Labute approximate surface area is 138 Å². The van der Waals surface area contributed by atoms with Crippen molar-refractivity contribution < 1.29 is 14.2 Å². The minimum Gasteiger partial charge on any atom is -0.497 e. The molecule has 0 aromatic heterocycles. The third kappa shape index (κ3) is 3.78. The topological polar surface area (TPSA) is 43.3 Å². The van der Waals surface area contributed by atoms with Crippen LogP contribution in [0.2, 0.25) is 0 Å². The normalized spacial score (nSPS) is 21.7. The molecule has 5 nitrogen and oxygen atoms in total. The number of ether oxygens (including phenoxy) is 3. The number of nitrogens with zero attached hydrogens (tertiary/aromatic N) is 2. The SMILES string of the molecule is CCOC1=NCC(C2CC2)N(Cc2ccc(OC)cc2OC)C1. The molecule has 0 spiro atoms. The van der Waals surface area contributed by atoms with Crippen molar-refractivity contribution in [3.8, 4) is 11.5 Å². The molecule has 0 saturated heterocycles. The molecule has 3 rings (SSSR count). The van der Waals surface area contributed by atoms with Gasteiger partial charge >= 0.3 is 0 Å². The average Bonchev–Trinajstić information content (AvgIpc) is 3.40. The molecule has 1 heterocycles. The maximum Gasteiger partial charge on any atom is 0.197 e. The van der Waals surface area contributed by atoms with Crippen LogP contribution in [0, 0.1) is 5.92 Å². The summed E-state index contributed by atoms with van der Waals surface area (Å²) in [6.07, 6.45) is 2.64. The van der Waals surface area contributed by atoms with Crippen LogP contribution >= 0.6 is 0 Å². The molecule has 0 bridgehead atoms. The van der Waals surface area contributed by atoms with Crippen LogP contribution in [0.1, 0.15) is 25.3 Å². The van der Waals surface area contributed by atoms with Gasteiger partial charge in [0.2, 0.25) is 0 Å². The average molecular weight is 318 g/mol. The molecule has 1 fully saturated rings. The second-order valence-corrected chi connectivity index (χ2v) is 6.15. The van der Waals surface area contributed by atoms with E-state index in [2.05, 4.69) is 16.0 Å². The van der Waals surface area contributed by atoms with E-state index >= 15 is 0 Å². The molecular weight excluding hydrogens is 292 g/mol. The van der Waals surface area contributed by atoms with Crippen LogP contribution in [0.15, 0.2) is 23.2 Å². The van der Waals surface area contributed by atoms with E-state index in [1.165, 1.54) is 18.4 Å². The van der Waals surface area contributed by atoms with Crippen molar-refractivity contribution in [2.45, 2.75) is 32.4 Å². The summed E-state index contributed by atoms with van der Waals surface area (Å²) < 4.78 is 16.5. The molecule has 5 heteroatoms. The third-order valence-electron chi connectivity index (χ3n) is 4.61. The van der Waals surface area contributed by atoms with Crippen molar-refractivity contribution >= 4 is 5.90 Å². The number of hydrogen-bond acceptors (Lipinski definition) is 5. The highest BCUT2D eigenvalue weighted by atomic mass is 16.5. The Morgan fingerprint density at radius 1 is 1.22 bits per heavy atom. The van der Waals surface area contributed by atoms with Crippen molar-refractivity contribution in [2.75, 3.05) is 33.9 Å². The molecular formula is C18H26N2O3. The smallest absolute Gasteiger partial charge is 0.197 e. The lowest BCUT2D eigenvalue weighted by Gasteiger charge is -2.34. The zero-order valence-corrected chi connectivity index (χ0v) is 14.2. The second-order valence-electron chi connectivity index (χ2n) is 6.15. The summed E-state index contributed by atoms with van der Waals surface area (Å²) in [5, 5.41) is 0. The van der Waals surface area contributed by atoms with Crippen LogP contribution < -0.4 is 9.47 Å². The Balaban J connectivity index is 1.77. The highest BCUT2D eigenvalue weighted by molar-refractivity contribution is 5.79. The molecule has 0 amide bonds. The Morgan fingerprint density at radius 3 is 2.70 bits per heavy atom. The molecule has 1 aliphatic heterocycles. The molecule has 1 aliphatic carbocycles. The van der Waals surface area contributed by atoms with Gasteiger partial charge in [0.25, 0.3) is 0 Å². The van der Waals surface area contributed by atoms with Gasteiger partial charge in [0, 0.05) is 24.2 Å². The van der Waals surface area contributed by atoms with Gasteiger partial charge in [-0.15, -0.1) is 0 Å². The highest BCUT2D eigenvalue weighted by Gasteiger charge is 2.38. The molecule has 1 aromatic rings. The second kappa shape index (κ2) is 7.21. The van der Waals surface area contributed by atoms with Gasteiger partial charge in [0.05, 0.1) is 33.9 Å². The maximum atomic E-state index is 5.65. The predicted molar refractivity (Wildman–Crippen MR) is 90.4 cm³/mol. The number of aliphatic imine (C=N–C) groups is 1. The van der Waals surface area contributed by atoms with Gasteiger partial charge in [-0.3, -0.25) is 9.89 Å². The Kier molecular flexibility index (Phi) is 5.06. The molecule has 1 atom stereocenters. The van der Waals surface area contributed by atoms with E-state index in [1.807, 2.05) is 19.1 Å². The van der Waals surface area contributed by atoms with Gasteiger partial charge < -0.3 is 14.2 Å². The van der Waals surface area contributed by atoms with E-state index in [0.29, 0.717) is 12.6 Å². The first-order chi connectivity index (χ1) is 11.2. The molecule has 0 N–H and O–H groups in total. The zero-order valence-electron chi connectivity index (χ0n) is 14.2. The lowest BCUT2D eigenvalue weighted by atomic mass is 10.1. The lowest BCUT2D eigenvalue weighted by molar-refractivity contribution is 0.164. The lowest BCUT2D eigenvalue weighted by Crippen LogP contribution is -2.46. The van der Waals surface area contributed by atoms with Crippen LogP contribution in [0.25, 0.3) is 0 Å². The molecule has 1 unspecified atom stereocenters. The number of hydrogen-bond donors (Lipinski definition) is 0. The molecule has 0 radical (unpaired) electrons. The van der Waals surface area contributed by atoms with Gasteiger partial charge in [-0.2, -0.15) is 0 Å². The maximum absolute atomic E-state index is 5.65. The van der Waals surface area contributed by atoms with E-state index in [1.54, 1.807) is 14.2 Å². The van der Waals surface area contributed by atoms with Crippen molar-refractivity contribution in [1.82, 2.24) is 4.90 Å². The largest absolute Gasteiger partial charge is 0.497 e. The van der Waals surface area contributed by atoms with E-state index in [-0.39, 0.29) is 0 Å². The fraction of sp³-hybridized carbons (Fsp3) is 0.611. The van der Waals surface area contributed by atoms with Crippen LogP contribution in [-0.4, -0.2) is 50.8 Å². The number of rotatable bonds is 6. The van der Waals surface area contributed by atoms with Crippen molar-refractivity contribution in [1.29, 1.82) is 0 Å². The first kappa shape index (κ1) is 16.1. The summed E-state index contributed by atoms with van der Waals surface area (Å²) in [4.78, 5) is 7.11. The monoisotopic (exact) mass is 318 g/mol. The van der Waals surface area contributed by atoms with Crippen molar-refractivity contribution in [3.05, 3.63) is 23.8 Å². The zero-order chi connectivity index (χ0) is 16.2. The minimum absolute atomic E-state index is 0.519. The van der Waals surface area contributed by atoms with Crippen molar-refractivity contribution in [2.24, 2.45) is 10.9 Å². The summed E-state index contributed by atoms with van der Waals surface area (Å²) in [7, 11) is 3.38. The molecule has 1 aromatic carbocycles. The summed E-state index contributed by atoms with van der Waals surface area (Å²) in [5.74, 6) is 3.34. The van der Waals surface area contributed by atoms with Crippen LogP contribution in [-0.2, 0) is 11.3 Å². The molecule has 2 aliphatic rings. The van der Waals surface area contributed by atoms with Crippen LogP contribution in [0.5, 0.6) is 11.5 Å². The summed E-state index contributed by atoms with van der Waals surface area (Å²) in [6, 6.07) is 6.55. The standard InChI is InChI=1S/C18H26N2O3/c1-4-23-18-12-20(16(10-19-18)13-5-6-13)11-14-7-8-15(21-2)9-17(14)22-3/h7-9,13,16H,4-6,10-12H2,1-3H3. The van der Waals surface area contributed by atoms with Crippen molar-refractivity contribution in [3.63, 3.8) is 0 Å². The number of benzene rings is 1. The first-order valence-corrected chi connectivity index (χ1v) is 8.36. The third-order valence-corrected chi connectivity index (χ3v) is 4.61. The fourth-order valence-electron chi connectivity index (χ4n) is 3.21. The van der Waals surface area contributed by atoms with Gasteiger partial charge in [0.1, 0.15) is 11.5 Å². The Bertz CT molecular complexity index is 569. The highest BCUT2D eigenvalue weighted by Crippen LogP contribution is 2.38. The van der Waals surface area contributed by atoms with Gasteiger partial charge in [-0.25, -0.2) is 0 Å². The Hall–Kier alpha value is -1.75. The fourth-order valence-corrected chi connectivity index (χ4v) is 3.21. The van der Waals surface area contributed by atoms with Crippen LogP contribution in [0.3, 0.4) is 0 Å². The van der Waals surface area contributed by atoms with Gasteiger partial charge in [0.15, 0.2) is 5.90 Å². The van der Waals surface area contributed by atoms with Crippen LogP contribution in [0.4, 0.5) is 0 Å². The summed E-state index contributed by atoms with van der Waals surface area (Å²) in [6.45, 7) is 5.15. The van der Waals surface area contributed by atoms with E-state index in [4.69, 9.17) is 14.2 Å². The van der Waals surface area contributed by atoms with E-state index in [0.717, 1.165) is 42.9 Å². The molecule has 126 valence electrons. The quantitative estimate of drug-likeness (QED) is 0.809.